The minimum absolute atomic E-state index is 0.00764. The van der Waals surface area contributed by atoms with Gasteiger partial charge in [0.15, 0.2) is 11.5 Å². The van der Waals surface area contributed by atoms with Crippen LogP contribution in [-0.4, -0.2) is 68.8 Å². The van der Waals surface area contributed by atoms with Crippen molar-refractivity contribution in [3.63, 3.8) is 0 Å². The lowest BCUT2D eigenvalue weighted by Crippen LogP contribution is -2.44. The van der Waals surface area contributed by atoms with E-state index in [1.54, 1.807) is 4.90 Å². The van der Waals surface area contributed by atoms with Gasteiger partial charge >= 0.3 is 6.03 Å². The predicted molar refractivity (Wildman–Crippen MR) is 116 cm³/mol. The molecule has 0 aromatic heterocycles. The Morgan fingerprint density at radius 2 is 1.87 bits per heavy atom. The molecule has 1 saturated heterocycles. The molecule has 166 valence electrons. The van der Waals surface area contributed by atoms with E-state index in [1.807, 2.05) is 18.2 Å². The van der Waals surface area contributed by atoms with Crippen molar-refractivity contribution in [3.8, 4) is 11.5 Å². The number of fused-ring (bicyclic) bond motifs is 1. The van der Waals surface area contributed by atoms with Crippen molar-refractivity contribution in [1.29, 1.82) is 0 Å². The van der Waals surface area contributed by atoms with Crippen LogP contribution in [0.2, 0.25) is 0 Å². The second kappa shape index (κ2) is 11.1. The van der Waals surface area contributed by atoms with Crippen LogP contribution in [0, 0.1) is 0 Å². The molecule has 0 bridgehead atoms. The number of hydrogen-bond acceptors (Lipinski definition) is 5. The molecule has 0 saturated carbocycles. The van der Waals surface area contributed by atoms with Crippen LogP contribution in [0.25, 0.3) is 0 Å². The van der Waals surface area contributed by atoms with E-state index >= 15 is 0 Å². The smallest absolute Gasteiger partial charge is 0.315 e. The monoisotopic (exact) mass is 418 g/mol. The number of hydrogen-bond donors (Lipinski definition) is 2. The van der Waals surface area contributed by atoms with Crippen LogP contribution in [0.5, 0.6) is 11.5 Å². The Hall–Kier alpha value is -2.48. The highest BCUT2D eigenvalue weighted by molar-refractivity contribution is 5.97. The average Bonchev–Trinajstić information content (AvgIpc) is 3.11. The Morgan fingerprint density at radius 3 is 2.60 bits per heavy atom. The van der Waals surface area contributed by atoms with Gasteiger partial charge in [-0.1, -0.05) is 13.8 Å². The van der Waals surface area contributed by atoms with Crippen LogP contribution in [0.3, 0.4) is 0 Å². The van der Waals surface area contributed by atoms with Crippen LogP contribution in [-0.2, 0) is 4.79 Å². The largest absolute Gasteiger partial charge is 0.486 e. The molecular formula is C22H34N4O4. The van der Waals surface area contributed by atoms with Crippen LogP contribution in [0.4, 0.5) is 10.5 Å². The van der Waals surface area contributed by atoms with Gasteiger partial charge in [-0.05, 0) is 51.0 Å². The molecule has 3 rings (SSSR count). The minimum Gasteiger partial charge on any atom is -0.486 e. The van der Waals surface area contributed by atoms with Gasteiger partial charge in [-0.15, -0.1) is 0 Å². The first-order chi connectivity index (χ1) is 14.6. The number of nitrogens with zero attached hydrogens (tertiary/aromatic N) is 2. The lowest BCUT2D eigenvalue weighted by Gasteiger charge is -2.22. The van der Waals surface area contributed by atoms with Gasteiger partial charge < -0.3 is 29.9 Å². The van der Waals surface area contributed by atoms with E-state index in [-0.39, 0.29) is 18.0 Å². The fourth-order valence-electron chi connectivity index (χ4n) is 3.96. The zero-order chi connectivity index (χ0) is 21.3. The molecule has 2 heterocycles. The highest BCUT2D eigenvalue weighted by atomic mass is 16.6. The van der Waals surface area contributed by atoms with Crippen LogP contribution in [0.15, 0.2) is 18.2 Å². The number of urea groups is 1. The summed E-state index contributed by atoms with van der Waals surface area (Å²) in [5.41, 5.74) is 0.765. The first-order valence-corrected chi connectivity index (χ1v) is 11.1. The summed E-state index contributed by atoms with van der Waals surface area (Å²) >= 11 is 0. The van der Waals surface area contributed by atoms with Gasteiger partial charge in [-0.2, -0.15) is 0 Å². The molecule has 2 aliphatic heterocycles. The first kappa shape index (κ1) is 22.2. The molecule has 1 fully saturated rings. The highest BCUT2D eigenvalue weighted by Crippen LogP contribution is 2.35. The summed E-state index contributed by atoms with van der Waals surface area (Å²) in [6.45, 7) is 9.67. The second-order valence-electron chi connectivity index (χ2n) is 7.83. The van der Waals surface area contributed by atoms with Crippen molar-refractivity contribution in [1.82, 2.24) is 15.5 Å². The molecule has 1 unspecified atom stereocenters. The van der Waals surface area contributed by atoms with Crippen LogP contribution < -0.4 is 25.0 Å². The normalized spacial score (nSPS) is 18.0. The lowest BCUT2D eigenvalue weighted by molar-refractivity contribution is -0.117. The predicted octanol–water partition coefficient (Wildman–Crippen LogP) is 2.37. The van der Waals surface area contributed by atoms with Crippen molar-refractivity contribution >= 4 is 17.6 Å². The fraction of sp³-hybridized carbons (Fsp3) is 0.636. The molecular weight excluding hydrogens is 384 g/mol. The van der Waals surface area contributed by atoms with Crippen LogP contribution in [0.1, 0.15) is 39.5 Å². The standard InChI is InChI=1S/C22H34N4O4/c1-3-9-25(10-4-2)11-5-8-23-22(28)24-17-14-21(27)26(16-17)18-6-7-19-20(15-18)30-13-12-29-19/h6-7,15,17H,3-5,8-14,16H2,1-2H3,(H2,23,24,28). The van der Waals surface area contributed by atoms with Crippen molar-refractivity contribution in [3.05, 3.63) is 18.2 Å². The number of rotatable bonds is 10. The molecule has 8 nitrogen and oxygen atoms in total. The van der Waals surface area contributed by atoms with Gasteiger partial charge in [0.2, 0.25) is 5.91 Å². The molecule has 0 spiro atoms. The molecule has 8 heteroatoms. The van der Waals surface area contributed by atoms with Gasteiger partial charge in [-0.25, -0.2) is 4.79 Å². The summed E-state index contributed by atoms with van der Waals surface area (Å²) in [5, 5.41) is 5.84. The van der Waals surface area contributed by atoms with Gasteiger partial charge in [-0.3, -0.25) is 4.79 Å². The Bertz CT molecular complexity index is 721. The summed E-state index contributed by atoms with van der Waals surface area (Å²) < 4.78 is 11.1. The summed E-state index contributed by atoms with van der Waals surface area (Å²) in [4.78, 5) is 28.8. The Kier molecular flexibility index (Phi) is 8.19. The summed E-state index contributed by atoms with van der Waals surface area (Å²) in [5.74, 6) is 1.34. The number of carbonyl (C=O) groups is 2. The Labute approximate surface area is 178 Å². The molecule has 1 aromatic carbocycles. The van der Waals surface area contributed by atoms with Gasteiger partial charge in [0.1, 0.15) is 13.2 Å². The molecule has 0 aliphatic carbocycles. The van der Waals surface area contributed by atoms with E-state index < -0.39 is 0 Å². The zero-order valence-electron chi connectivity index (χ0n) is 18.1. The zero-order valence-corrected chi connectivity index (χ0v) is 18.1. The van der Waals surface area contributed by atoms with E-state index in [9.17, 15) is 9.59 Å². The SMILES string of the molecule is CCCN(CCC)CCCNC(=O)NC1CC(=O)N(c2ccc3c(c2)OCCO3)C1. The molecule has 2 N–H and O–H groups in total. The molecule has 1 atom stereocenters. The third-order valence-electron chi connectivity index (χ3n) is 5.31. The van der Waals surface area contributed by atoms with Crippen molar-refractivity contribution < 1.29 is 19.1 Å². The number of nitrogens with one attached hydrogen (secondary N) is 2. The van der Waals surface area contributed by atoms with Gasteiger partial charge in [0, 0.05) is 31.3 Å². The molecule has 0 radical (unpaired) electrons. The Morgan fingerprint density at radius 1 is 1.13 bits per heavy atom. The molecule has 3 amide bonds. The maximum atomic E-state index is 12.5. The number of carbonyl (C=O) groups excluding carboxylic acids is 2. The van der Waals surface area contributed by atoms with E-state index in [1.165, 1.54) is 0 Å². The Balaban J connectivity index is 1.42. The van der Waals surface area contributed by atoms with E-state index in [0.29, 0.717) is 44.2 Å². The fourth-order valence-corrected chi connectivity index (χ4v) is 3.96. The van der Waals surface area contributed by atoms with Crippen molar-refractivity contribution in [2.75, 3.05) is 50.8 Å². The second-order valence-corrected chi connectivity index (χ2v) is 7.83. The summed E-state index contributed by atoms with van der Waals surface area (Å²) in [6, 6.07) is 5.08. The molecule has 1 aromatic rings. The third kappa shape index (κ3) is 6.01. The summed E-state index contributed by atoms with van der Waals surface area (Å²) in [7, 11) is 0. The van der Waals surface area contributed by atoms with Crippen molar-refractivity contribution in [2.45, 2.75) is 45.6 Å². The number of benzene rings is 1. The third-order valence-corrected chi connectivity index (χ3v) is 5.31. The van der Waals surface area contributed by atoms with E-state index in [2.05, 4.69) is 29.4 Å². The number of ether oxygens (including phenoxy) is 2. The van der Waals surface area contributed by atoms with Crippen LogP contribution >= 0.6 is 0 Å². The number of anilines is 1. The van der Waals surface area contributed by atoms with Crippen molar-refractivity contribution in [2.24, 2.45) is 0 Å². The van der Waals surface area contributed by atoms with E-state index in [4.69, 9.17) is 9.47 Å². The van der Waals surface area contributed by atoms with E-state index in [0.717, 1.165) is 44.6 Å². The maximum absolute atomic E-state index is 12.5. The average molecular weight is 419 g/mol. The first-order valence-electron chi connectivity index (χ1n) is 11.1. The lowest BCUT2D eigenvalue weighted by atomic mass is 10.2. The highest BCUT2D eigenvalue weighted by Gasteiger charge is 2.32. The molecule has 30 heavy (non-hydrogen) atoms. The summed E-state index contributed by atoms with van der Waals surface area (Å²) in [6.07, 6.45) is 3.50. The molecule has 2 aliphatic rings. The van der Waals surface area contributed by atoms with Gasteiger partial charge in [0.05, 0.1) is 6.04 Å². The minimum atomic E-state index is -0.214. The van der Waals surface area contributed by atoms with Gasteiger partial charge in [0.25, 0.3) is 0 Å². The maximum Gasteiger partial charge on any atom is 0.315 e. The quantitative estimate of drug-likeness (QED) is 0.570. The number of amides is 3. The topological polar surface area (TPSA) is 83.1 Å².